The van der Waals surface area contributed by atoms with Gasteiger partial charge in [0.05, 0.1) is 38.4 Å². The van der Waals surface area contributed by atoms with Gasteiger partial charge in [-0.3, -0.25) is 14.4 Å². The largest absolute Gasteiger partial charge is 0.497 e. The van der Waals surface area contributed by atoms with Crippen molar-refractivity contribution in [2.45, 2.75) is 25.6 Å². The number of hydrogen-bond acceptors (Lipinski definition) is 5. The molecule has 0 N–H and O–H groups in total. The van der Waals surface area contributed by atoms with Gasteiger partial charge in [-0.25, -0.2) is 0 Å². The summed E-state index contributed by atoms with van der Waals surface area (Å²) in [6.45, 7) is 0.320. The summed E-state index contributed by atoms with van der Waals surface area (Å²) >= 11 is 6.27. The van der Waals surface area contributed by atoms with E-state index in [1.54, 1.807) is 43.5 Å². The Morgan fingerprint density at radius 3 is 2.37 bits per heavy atom. The molecule has 8 heteroatoms. The lowest BCUT2D eigenvalue weighted by atomic mass is 10.1. The van der Waals surface area contributed by atoms with E-state index in [-0.39, 0.29) is 31.0 Å². The van der Waals surface area contributed by atoms with Crippen molar-refractivity contribution in [1.29, 1.82) is 0 Å². The maximum absolute atomic E-state index is 14.0. The van der Waals surface area contributed by atoms with Crippen LogP contribution in [0, 0.1) is 0 Å². The highest BCUT2D eigenvalue weighted by molar-refractivity contribution is 6.31. The van der Waals surface area contributed by atoms with E-state index in [1.807, 2.05) is 36.4 Å². The molecule has 0 aliphatic carbocycles. The second-order valence-corrected chi connectivity index (χ2v) is 8.59. The number of carbonyl (C=O) groups excluding carboxylic acids is 3. The Morgan fingerprint density at radius 1 is 0.914 bits per heavy atom. The van der Waals surface area contributed by atoms with Gasteiger partial charge in [-0.1, -0.05) is 54.1 Å². The van der Waals surface area contributed by atoms with Crippen LogP contribution in [0.5, 0.6) is 5.75 Å². The first kappa shape index (κ1) is 24.3. The first-order valence-corrected chi connectivity index (χ1v) is 11.4. The highest BCUT2D eigenvalue weighted by Crippen LogP contribution is 2.33. The predicted molar refractivity (Wildman–Crippen MR) is 132 cm³/mol. The molecular formula is C27H25ClN2O5. The van der Waals surface area contributed by atoms with Gasteiger partial charge in [-0.2, -0.15) is 0 Å². The lowest BCUT2D eigenvalue weighted by molar-refractivity contribution is -0.144. The summed E-state index contributed by atoms with van der Waals surface area (Å²) in [7, 11) is 2.81. The molecule has 0 bridgehead atoms. The normalized spacial score (nSPS) is 15.5. The minimum absolute atomic E-state index is 0.0918. The molecule has 7 nitrogen and oxygen atoms in total. The average Bonchev–Trinajstić information content (AvgIpc) is 2.95. The average molecular weight is 493 g/mol. The summed E-state index contributed by atoms with van der Waals surface area (Å²) in [6, 6.07) is 20.5. The minimum atomic E-state index is -1.07. The van der Waals surface area contributed by atoms with Gasteiger partial charge >= 0.3 is 5.97 Å². The lowest BCUT2D eigenvalue weighted by Crippen LogP contribution is -2.49. The lowest BCUT2D eigenvalue weighted by Gasteiger charge is -2.30. The molecule has 4 rings (SSSR count). The Bertz CT molecular complexity index is 1250. The smallest absolute Gasteiger partial charge is 0.308 e. The molecule has 0 unspecified atom stereocenters. The highest BCUT2D eigenvalue weighted by atomic mass is 35.5. The number of nitrogens with zero attached hydrogens (tertiary/aromatic N) is 2. The fraction of sp³-hybridized carbons (Fsp3) is 0.222. The molecule has 1 heterocycles. The van der Waals surface area contributed by atoms with Crippen molar-refractivity contribution >= 4 is 35.1 Å². The monoisotopic (exact) mass is 492 g/mol. The molecule has 1 aliphatic rings. The fourth-order valence-corrected chi connectivity index (χ4v) is 4.33. The topological polar surface area (TPSA) is 76.2 Å². The number of amides is 2. The van der Waals surface area contributed by atoms with Gasteiger partial charge in [0.1, 0.15) is 11.8 Å². The quantitative estimate of drug-likeness (QED) is 0.455. The summed E-state index contributed by atoms with van der Waals surface area (Å²) < 4.78 is 10.2. The van der Waals surface area contributed by atoms with Crippen molar-refractivity contribution in [3.05, 3.63) is 94.5 Å². The Kier molecular flexibility index (Phi) is 7.36. The summed E-state index contributed by atoms with van der Waals surface area (Å²) in [5, 5.41) is 0.372. The maximum Gasteiger partial charge on any atom is 0.308 e. The van der Waals surface area contributed by atoms with Crippen LogP contribution in [0.15, 0.2) is 72.8 Å². The standard InChI is InChI=1S/C27H25ClN2O5/c1-34-21-10-6-9-19(13-21)17-30-24(15-25(31)35-2)27(33)29(16-18-7-4-3-5-8-18)23-12-11-20(28)14-22(23)26(30)32/h3-14,24H,15-17H2,1-2H3/t24-/m0/s1. The number of fused-ring (bicyclic) bond motifs is 1. The fourth-order valence-electron chi connectivity index (χ4n) is 4.16. The van der Waals surface area contributed by atoms with Gasteiger partial charge in [0.2, 0.25) is 0 Å². The third-order valence-corrected chi connectivity index (χ3v) is 6.16. The molecule has 0 spiro atoms. The van der Waals surface area contributed by atoms with Gasteiger partial charge in [-0.05, 0) is 41.5 Å². The third-order valence-electron chi connectivity index (χ3n) is 5.93. The molecule has 3 aromatic rings. The van der Waals surface area contributed by atoms with Crippen LogP contribution < -0.4 is 9.64 Å². The van der Waals surface area contributed by atoms with E-state index in [0.29, 0.717) is 16.5 Å². The Balaban J connectivity index is 1.83. The van der Waals surface area contributed by atoms with E-state index in [2.05, 4.69) is 0 Å². The number of ether oxygens (including phenoxy) is 2. The molecular weight excluding hydrogens is 468 g/mol. The molecule has 180 valence electrons. The first-order valence-electron chi connectivity index (χ1n) is 11.1. The van der Waals surface area contributed by atoms with E-state index in [1.165, 1.54) is 16.9 Å². The van der Waals surface area contributed by atoms with Crippen molar-refractivity contribution < 1.29 is 23.9 Å². The number of esters is 1. The van der Waals surface area contributed by atoms with Crippen LogP contribution in [0.1, 0.15) is 27.9 Å². The maximum atomic E-state index is 14.0. The van der Waals surface area contributed by atoms with Crippen LogP contribution in [-0.4, -0.2) is 42.9 Å². The molecule has 2 amide bonds. The molecule has 0 radical (unpaired) electrons. The molecule has 3 aromatic carbocycles. The Hall–Kier alpha value is -3.84. The van der Waals surface area contributed by atoms with Crippen LogP contribution in [0.25, 0.3) is 0 Å². The van der Waals surface area contributed by atoms with Crippen LogP contribution in [0.4, 0.5) is 5.69 Å². The number of benzene rings is 3. The SMILES string of the molecule is COC(=O)C[C@H]1C(=O)N(Cc2ccccc2)c2ccc(Cl)cc2C(=O)N1Cc1cccc(OC)c1. The zero-order valence-corrected chi connectivity index (χ0v) is 20.2. The zero-order chi connectivity index (χ0) is 24.9. The molecule has 0 aromatic heterocycles. The molecule has 0 fully saturated rings. The van der Waals surface area contributed by atoms with Crippen LogP contribution in [-0.2, 0) is 27.4 Å². The minimum Gasteiger partial charge on any atom is -0.497 e. The Morgan fingerprint density at radius 2 is 1.66 bits per heavy atom. The van der Waals surface area contributed by atoms with Crippen LogP contribution in [0.2, 0.25) is 5.02 Å². The second-order valence-electron chi connectivity index (χ2n) is 8.15. The first-order chi connectivity index (χ1) is 16.9. The van der Waals surface area contributed by atoms with Crippen LogP contribution in [0.3, 0.4) is 0 Å². The van der Waals surface area contributed by atoms with E-state index >= 15 is 0 Å². The van der Waals surface area contributed by atoms with Crippen molar-refractivity contribution in [2.24, 2.45) is 0 Å². The number of rotatable bonds is 7. The van der Waals surface area contributed by atoms with Crippen molar-refractivity contribution in [2.75, 3.05) is 19.1 Å². The van der Waals surface area contributed by atoms with E-state index in [0.717, 1.165) is 11.1 Å². The second kappa shape index (κ2) is 10.6. The zero-order valence-electron chi connectivity index (χ0n) is 19.4. The summed E-state index contributed by atoms with van der Waals surface area (Å²) in [5.74, 6) is -0.745. The van der Waals surface area contributed by atoms with E-state index in [9.17, 15) is 14.4 Å². The van der Waals surface area contributed by atoms with Gasteiger partial charge in [-0.15, -0.1) is 0 Å². The molecule has 1 atom stereocenters. The number of anilines is 1. The molecule has 35 heavy (non-hydrogen) atoms. The van der Waals surface area contributed by atoms with Crippen molar-refractivity contribution in [3.63, 3.8) is 0 Å². The van der Waals surface area contributed by atoms with Crippen molar-refractivity contribution in [3.8, 4) is 5.75 Å². The number of methoxy groups -OCH3 is 2. The van der Waals surface area contributed by atoms with Gasteiger partial charge in [0.25, 0.3) is 11.8 Å². The molecule has 0 saturated carbocycles. The summed E-state index contributed by atoms with van der Waals surface area (Å²) in [5.41, 5.74) is 2.36. The Labute approximate surface area is 208 Å². The van der Waals surface area contributed by atoms with E-state index < -0.39 is 17.9 Å². The predicted octanol–water partition coefficient (Wildman–Crippen LogP) is 4.47. The van der Waals surface area contributed by atoms with Crippen molar-refractivity contribution in [1.82, 2.24) is 4.90 Å². The molecule has 1 aliphatic heterocycles. The number of hydrogen-bond donors (Lipinski definition) is 0. The number of halogens is 1. The highest BCUT2D eigenvalue weighted by Gasteiger charge is 2.41. The van der Waals surface area contributed by atoms with Crippen LogP contribution >= 0.6 is 11.6 Å². The number of carbonyl (C=O) groups is 3. The summed E-state index contributed by atoms with van der Waals surface area (Å²) in [6.07, 6.45) is -0.280. The summed E-state index contributed by atoms with van der Waals surface area (Å²) in [4.78, 5) is 43.2. The van der Waals surface area contributed by atoms with Gasteiger partial charge in [0, 0.05) is 11.6 Å². The van der Waals surface area contributed by atoms with Gasteiger partial charge < -0.3 is 19.3 Å². The van der Waals surface area contributed by atoms with Gasteiger partial charge in [0.15, 0.2) is 0 Å². The molecule has 0 saturated heterocycles. The van der Waals surface area contributed by atoms with E-state index in [4.69, 9.17) is 21.1 Å². The third kappa shape index (κ3) is 5.30.